The smallest absolute Gasteiger partial charge is 0.303 e. The lowest BCUT2D eigenvalue weighted by molar-refractivity contribution is -0.275. The van der Waals surface area contributed by atoms with Gasteiger partial charge in [0.1, 0.15) is 0 Å². The molecule has 19 heavy (non-hydrogen) atoms. The van der Waals surface area contributed by atoms with Crippen LogP contribution in [0, 0.1) is 0 Å². The van der Waals surface area contributed by atoms with Crippen LogP contribution in [0.1, 0.15) is 58.3 Å². The molecule has 0 aliphatic rings. The number of hydrogen-bond donors (Lipinski definition) is 1. The van der Waals surface area contributed by atoms with Gasteiger partial charge in [-0.25, -0.2) is 0 Å². The fourth-order valence-electron chi connectivity index (χ4n) is 1.76. The second-order valence-corrected chi connectivity index (χ2v) is 4.47. The van der Waals surface area contributed by atoms with Crippen LogP contribution in [0.3, 0.4) is 0 Å². The third kappa shape index (κ3) is 13.6. The van der Waals surface area contributed by atoms with Crippen molar-refractivity contribution >= 4 is 5.97 Å². The van der Waals surface area contributed by atoms with Crippen LogP contribution in [-0.4, -0.2) is 37.9 Å². The van der Waals surface area contributed by atoms with E-state index in [4.69, 9.17) is 19.3 Å². The van der Waals surface area contributed by atoms with E-state index in [1.165, 1.54) is 12.8 Å². The van der Waals surface area contributed by atoms with Crippen LogP contribution in [0.25, 0.3) is 0 Å². The third-order valence-electron chi connectivity index (χ3n) is 2.78. The van der Waals surface area contributed by atoms with Crippen LogP contribution < -0.4 is 0 Å². The summed E-state index contributed by atoms with van der Waals surface area (Å²) in [5, 5.41) is 8.48. The van der Waals surface area contributed by atoms with Crippen LogP contribution >= 0.6 is 0 Å². The predicted octanol–water partition coefficient (Wildman–Crippen LogP) is 3.17. The van der Waals surface area contributed by atoms with Gasteiger partial charge in [-0.2, -0.15) is 0 Å². The van der Waals surface area contributed by atoms with Crippen molar-refractivity contribution in [1.29, 1.82) is 0 Å². The molecule has 114 valence electrons. The number of hydrogen-bond acceptors (Lipinski definition) is 4. The van der Waals surface area contributed by atoms with Crippen molar-refractivity contribution in [3.05, 3.63) is 0 Å². The molecule has 0 saturated carbocycles. The van der Waals surface area contributed by atoms with Gasteiger partial charge in [0.2, 0.25) is 0 Å². The first-order chi connectivity index (χ1) is 9.20. The first-order valence-electron chi connectivity index (χ1n) is 7.18. The summed E-state index contributed by atoms with van der Waals surface area (Å²) in [6.07, 6.45) is 7.68. The van der Waals surface area contributed by atoms with E-state index in [9.17, 15) is 4.79 Å². The Morgan fingerprint density at radius 3 is 2.11 bits per heavy atom. The fourth-order valence-corrected chi connectivity index (χ4v) is 1.76. The van der Waals surface area contributed by atoms with E-state index in [-0.39, 0.29) is 0 Å². The zero-order chi connectivity index (χ0) is 14.3. The van der Waals surface area contributed by atoms with Crippen molar-refractivity contribution in [1.82, 2.24) is 0 Å². The molecule has 0 heterocycles. The normalized spacial score (nSPS) is 12.5. The average Bonchev–Trinajstić information content (AvgIpc) is 2.39. The van der Waals surface area contributed by atoms with Gasteiger partial charge in [-0.15, -0.1) is 0 Å². The topological polar surface area (TPSA) is 65.0 Å². The van der Waals surface area contributed by atoms with Crippen molar-refractivity contribution in [3.8, 4) is 0 Å². The number of rotatable bonds is 14. The van der Waals surface area contributed by atoms with E-state index in [0.29, 0.717) is 19.6 Å². The molecule has 0 bridgehead atoms. The van der Waals surface area contributed by atoms with Crippen molar-refractivity contribution in [3.63, 3.8) is 0 Å². The molecule has 5 heteroatoms. The largest absolute Gasteiger partial charge is 0.481 e. The molecular weight excluding hydrogens is 248 g/mol. The molecule has 0 saturated heterocycles. The van der Waals surface area contributed by atoms with Gasteiger partial charge < -0.3 is 19.3 Å². The molecule has 0 spiro atoms. The molecule has 1 atom stereocenters. The average molecular weight is 276 g/mol. The molecule has 5 nitrogen and oxygen atoms in total. The van der Waals surface area contributed by atoms with E-state index in [1.54, 1.807) is 7.11 Å². The molecule has 0 aromatic carbocycles. The number of unbranched alkanes of at least 4 members (excludes halogenated alkanes) is 6. The second kappa shape index (κ2) is 13.8. The molecule has 1 unspecified atom stereocenters. The Morgan fingerprint density at radius 1 is 1.00 bits per heavy atom. The lowest BCUT2D eigenvalue weighted by Gasteiger charge is -2.15. The highest BCUT2D eigenvalue weighted by Crippen LogP contribution is 2.09. The Balaban J connectivity index is 3.16. The third-order valence-corrected chi connectivity index (χ3v) is 2.78. The van der Waals surface area contributed by atoms with Crippen LogP contribution in [0.2, 0.25) is 0 Å². The number of carboxylic acids is 1. The van der Waals surface area contributed by atoms with Crippen LogP contribution in [0.5, 0.6) is 0 Å². The summed E-state index contributed by atoms with van der Waals surface area (Å²) in [4.78, 5) is 10.3. The lowest BCUT2D eigenvalue weighted by atomic mass is 10.1. The quantitative estimate of drug-likeness (QED) is 0.390. The van der Waals surface area contributed by atoms with Crippen molar-refractivity contribution < 1.29 is 24.1 Å². The summed E-state index contributed by atoms with van der Waals surface area (Å²) in [5.74, 6) is -0.695. The van der Waals surface area contributed by atoms with Crippen LogP contribution in [-0.2, 0) is 19.0 Å². The van der Waals surface area contributed by atoms with Crippen LogP contribution in [0.15, 0.2) is 0 Å². The molecule has 0 fully saturated rings. The molecule has 0 aromatic heterocycles. The molecule has 0 amide bonds. The number of ether oxygens (including phenoxy) is 3. The summed E-state index contributed by atoms with van der Waals surface area (Å²) in [6.45, 7) is 2.59. The first-order valence-corrected chi connectivity index (χ1v) is 7.18. The summed E-state index contributed by atoms with van der Waals surface area (Å²) in [7, 11) is 1.57. The second-order valence-electron chi connectivity index (χ2n) is 4.47. The zero-order valence-electron chi connectivity index (χ0n) is 12.2. The highest BCUT2D eigenvalue weighted by atomic mass is 16.8. The lowest BCUT2D eigenvalue weighted by Crippen LogP contribution is -2.19. The van der Waals surface area contributed by atoms with Crippen LogP contribution in [0.4, 0.5) is 0 Å². The maximum absolute atomic E-state index is 10.3. The minimum atomic E-state index is -0.695. The van der Waals surface area contributed by atoms with E-state index < -0.39 is 12.4 Å². The number of aliphatic carboxylic acids is 1. The Kier molecular flexibility index (Phi) is 13.3. The Bertz CT molecular complexity index is 208. The van der Waals surface area contributed by atoms with Crippen molar-refractivity contribution in [2.45, 2.75) is 64.8 Å². The number of methoxy groups -OCH3 is 1. The van der Waals surface area contributed by atoms with Gasteiger partial charge in [0.25, 0.3) is 6.48 Å². The maximum atomic E-state index is 10.3. The molecule has 0 rings (SSSR count). The number of carboxylic acid groups (broad SMARTS) is 1. The highest BCUT2D eigenvalue weighted by molar-refractivity contribution is 5.66. The summed E-state index contributed by atoms with van der Waals surface area (Å²) in [5.41, 5.74) is 0. The zero-order valence-corrected chi connectivity index (χ0v) is 12.2. The first kappa shape index (κ1) is 18.4. The Morgan fingerprint density at radius 2 is 1.58 bits per heavy atom. The standard InChI is InChI=1S/C14H28O5/c1-3-18-14(17-2)19-12-10-8-6-4-5-7-9-11-13(15)16/h14H,3-12H2,1-2H3,(H,15,16). The molecule has 0 radical (unpaired) electrons. The predicted molar refractivity (Wildman–Crippen MR) is 72.9 cm³/mol. The maximum Gasteiger partial charge on any atom is 0.303 e. The number of carbonyl (C=O) groups is 1. The SMILES string of the molecule is CCOC(OC)OCCCCCCCCCC(=O)O. The Hall–Kier alpha value is -0.650. The molecule has 0 aliphatic heterocycles. The van der Waals surface area contributed by atoms with E-state index >= 15 is 0 Å². The van der Waals surface area contributed by atoms with E-state index in [1.807, 2.05) is 6.92 Å². The Labute approximate surface area is 116 Å². The van der Waals surface area contributed by atoms with Gasteiger partial charge in [0.15, 0.2) is 0 Å². The molecular formula is C14H28O5. The summed E-state index contributed by atoms with van der Waals surface area (Å²) < 4.78 is 15.6. The van der Waals surface area contributed by atoms with Gasteiger partial charge in [-0.05, 0) is 19.8 Å². The van der Waals surface area contributed by atoms with Gasteiger partial charge in [-0.1, -0.05) is 32.1 Å². The van der Waals surface area contributed by atoms with Gasteiger partial charge in [0.05, 0.1) is 6.61 Å². The molecule has 1 N–H and O–H groups in total. The van der Waals surface area contributed by atoms with Gasteiger partial charge >= 0.3 is 5.97 Å². The monoisotopic (exact) mass is 276 g/mol. The minimum absolute atomic E-state index is 0.295. The summed E-state index contributed by atoms with van der Waals surface area (Å²) >= 11 is 0. The molecule has 0 aromatic rings. The highest BCUT2D eigenvalue weighted by Gasteiger charge is 2.05. The minimum Gasteiger partial charge on any atom is -0.481 e. The van der Waals surface area contributed by atoms with Crippen molar-refractivity contribution in [2.24, 2.45) is 0 Å². The van der Waals surface area contributed by atoms with Gasteiger partial charge in [-0.3, -0.25) is 4.79 Å². The van der Waals surface area contributed by atoms with Gasteiger partial charge in [0, 0.05) is 20.1 Å². The van der Waals surface area contributed by atoms with Crippen molar-refractivity contribution in [2.75, 3.05) is 20.3 Å². The van der Waals surface area contributed by atoms with E-state index in [0.717, 1.165) is 32.1 Å². The molecule has 0 aliphatic carbocycles. The van der Waals surface area contributed by atoms with E-state index in [2.05, 4.69) is 0 Å². The fraction of sp³-hybridized carbons (Fsp3) is 0.929. The summed E-state index contributed by atoms with van der Waals surface area (Å²) in [6, 6.07) is 0.